The molecule has 0 aromatic rings. The Kier molecular flexibility index (Phi) is 6.39. The van der Waals surface area contributed by atoms with E-state index in [1.807, 2.05) is 0 Å². The minimum absolute atomic E-state index is 0. The zero-order valence-electron chi connectivity index (χ0n) is 11.3. The van der Waals surface area contributed by atoms with Crippen LogP contribution in [-0.2, 0) is 4.79 Å². The molecule has 0 spiro atoms. The first-order valence-electron chi connectivity index (χ1n) is 6.98. The highest BCUT2D eigenvalue weighted by Crippen LogP contribution is 2.49. The Labute approximate surface area is 116 Å². The Morgan fingerprint density at radius 1 is 1.33 bits per heavy atom. The fourth-order valence-electron chi connectivity index (χ4n) is 2.67. The minimum atomic E-state index is 0. The summed E-state index contributed by atoms with van der Waals surface area (Å²) in [6.07, 6.45) is 4.37. The van der Waals surface area contributed by atoms with Crippen LogP contribution >= 0.6 is 12.4 Å². The molecule has 1 saturated carbocycles. The van der Waals surface area contributed by atoms with E-state index in [9.17, 15) is 4.79 Å². The van der Waals surface area contributed by atoms with Crippen molar-refractivity contribution in [3.8, 4) is 0 Å². The van der Waals surface area contributed by atoms with Crippen molar-refractivity contribution in [3.05, 3.63) is 0 Å². The van der Waals surface area contributed by atoms with E-state index in [4.69, 9.17) is 0 Å². The predicted molar refractivity (Wildman–Crippen MR) is 76.1 cm³/mol. The molecule has 0 bridgehead atoms. The number of piperazine rings is 1. The second-order valence-electron chi connectivity index (χ2n) is 5.38. The van der Waals surface area contributed by atoms with E-state index in [1.54, 1.807) is 0 Å². The first-order chi connectivity index (χ1) is 8.27. The maximum absolute atomic E-state index is 12.0. The molecule has 0 aromatic heterocycles. The van der Waals surface area contributed by atoms with Gasteiger partial charge in [0, 0.05) is 44.7 Å². The van der Waals surface area contributed by atoms with Crippen molar-refractivity contribution in [1.82, 2.24) is 15.5 Å². The first-order valence-corrected chi connectivity index (χ1v) is 6.98. The lowest BCUT2D eigenvalue weighted by Crippen LogP contribution is -2.46. The van der Waals surface area contributed by atoms with Gasteiger partial charge in [0.25, 0.3) is 0 Å². The number of rotatable bonds is 6. The van der Waals surface area contributed by atoms with Crippen LogP contribution < -0.4 is 10.6 Å². The number of carbonyl (C=O) groups is 1. The molecule has 106 valence electrons. The molecule has 1 aliphatic carbocycles. The largest absolute Gasteiger partial charge is 0.354 e. The summed E-state index contributed by atoms with van der Waals surface area (Å²) in [5, 5.41) is 6.45. The van der Waals surface area contributed by atoms with E-state index in [0.717, 1.165) is 65.0 Å². The molecule has 0 atom stereocenters. The molecule has 2 rings (SSSR count). The third kappa shape index (κ3) is 4.11. The van der Waals surface area contributed by atoms with Crippen molar-refractivity contribution >= 4 is 18.3 Å². The van der Waals surface area contributed by atoms with Crippen LogP contribution in [0.2, 0.25) is 0 Å². The van der Waals surface area contributed by atoms with Crippen LogP contribution in [0.3, 0.4) is 0 Å². The number of carbonyl (C=O) groups excluding carboxylic acids is 1. The average Bonchev–Trinajstić information content (AvgIpc) is 3.12. The van der Waals surface area contributed by atoms with Crippen LogP contribution in [0, 0.1) is 5.41 Å². The Morgan fingerprint density at radius 3 is 2.56 bits per heavy atom. The molecule has 4 nitrogen and oxygen atoms in total. The molecule has 1 aliphatic heterocycles. The maximum atomic E-state index is 12.0. The summed E-state index contributed by atoms with van der Waals surface area (Å²) in [6, 6.07) is 0. The predicted octanol–water partition coefficient (Wildman–Crippen LogP) is 1.01. The zero-order valence-corrected chi connectivity index (χ0v) is 12.2. The van der Waals surface area contributed by atoms with Crippen LogP contribution in [0.1, 0.15) is 32.6 Å². The number of nitrogens with zero attached hydrogens (tertiary/aromatic N) is 1. The molecule has 1 heterocycles. The van der Waals surface area contributed by atoms with Gasteiger partial charge in [-0.2, -0.15) is 0 Å². The molecule has 5 heteroatoms. The van der Waals surface area contributed by atoms with Gasteiger partial charge >= 0.3 is 0 Å². The third-order valence-corrected chi connectivity index (χ3v) is 3.99. The molecule has 1 saturated heterocycles. The van der Waals surface area contributed by atoms with Crippen molar-refractivity contribution in [3.63, 3.8) is 0 Å². The fraction of sp³-hybridized carbons (Fsp3) is 0.923. The van der Waals surface area contributed by atoms with Crippen molar-refractivity contribution in [2.75, 3.05) is 39.3 Å². The van der Waals surface area contributed by atoms with Gasteiger partial charge in [0.05, 0.1) is 0 Å². The molecule has 0 aromatic carbocycles. The van der Waals surface area contributed by atoms with Crippen LogP contribution in [0.5, 0.6) is 0 Å². The van der Waals surface area contributed by atoms with Gasteiger partial charge < -0.3 is 10.6 Å². The molecule has 2 fully saturated rings. The molecule has 2 aliphatic rings. The van der Waals surface area contributed by atoms with Gasteiger partial charge in [-0.25, -0.2) is 0 Å². The van der Waals surface area contributed by atoms with Crippen LogP contribution in [-0.4, -0.2) is 50.1 Å². The van der Waals surface area contributed by atoms with E-state index in [-0.39, 0.29) is 17.8 Å². The molecule has 1 amide bonds. The summed E-state index contributed by atoms with van der Waals surface area (Å²) >= 11 is 0. The highest BCUT2D eigenvalue weighted by molar-refractivity contribution is 5.85. The van der Waals surface area contributed by atoms with E-state index in [0.29, 0.717) is 5.91 Å². The maximum Gasteiger partial charge on any atom is 0.226 e. The average molecular weight is 276 g/mol. The van der Waals surface area contributed by atoms with Gasteiger partial charge in [0.15, 0.2) is 0 Å². The monoisotopic (exact) mass is 275 g/mol. The lowest BCUT2D eigenvalue weighted by molar-refractivity contribution is -0.126. The van der Waals surface area contributed by atoms with Gasteiger partial charge in [-0.3, -0.25) is 9.69 Å². The Balaban J connectivity index is 0.00000162. The fourth-order valence-corrected chi connectivity index (χ4v) is 2.67. The van der Waals surface area contributed by atoms with Gasteiger partial charge in [0.2, 0.25) is 5.91 Å². The first kappa shape index (κ1) is 15.7. The number of halogens is 1. The topological polar surface area (TPSA) is 44.4 Å². The molecule has 2 N–H and O–H groups in total. The Morgan fingerprint density at radius 2 is 2.00 bits per heavy atom. The van der Waals surface area contributed by atoms with Gasteiger partial charge in [-0.15, -0.1) is 12.4 Å². The summed E-state index contributed by atoms with van der Waals surface area (Å²) in [7, 11) is 0. The summed E-state index contributed by atoms with van der Waals surface area (Å²) in [5.41, 5.74) is 0.0260. The van der Waals surface area contributed by atoms with Gasteiger partial charge in [-0.05, 0) is 19.3 Å². The number of nitrogens with one attached hydrogen (secondary N) is 2. The zero-order chi connectivity index (χ0) is 12.1. The number of hydrogen-bond donors (Lipinski definition) is 2. The van der Waals surface area contributed by atoms with E-state index in [2.05, 4.69) is 22.5 Å². The van der Waals surface area contributed by atoms with Crippen LogP contribution in [0.25, 0.3) is 0 Å². The van der Waals surface area contributed by atoms with Crippen molar-refractivity contribution in [2.24, 2.45) is 5.41 Å². The lowest BCUT2D eigenvalue weighted by Gasteiger charge is -2.27. The molecular weight excluding hydrogens is 250 g/mol. The van der Waals surface area contributed by atoms with Crippen molar-refractivity contribution in [2.45, 2.75) is 32.6 Å². The number of amides is 1. The quantitative estimate of drug-likeness (QED) is 0.761. The molecule has 0 radical (unpaired) electrons. The molecular formula is C13H26ClN3O. The van der Waals surface area contributed by atoms with Crippen molar-refractivity contribution in [1.29, 1.82) is 0 Å². The highest BCUT2D eigenvalue weighted by atomic mass is 35.5. The van der Waals surface area contributed by atoms with Crippen molar-refractivity contribution < 1.29 is 4.79 Å². The van der Waals surface area contributed by atoms with E-state index < -0.39 is 0 Å². The Bertz CT molecular complexity index is 263. The third-order valence-electron chi connectivity index (χ3n) is 3.99. The SMILES string of the molecule is CCCC1(C(=O)NCCN2CCNCC2)CC1.Cl. The summed E-state index contributed by atoms with van der Waals surface area (Å²) < 4.78 is 0. The second kappa shape index (κ2) is 7.31. The molecule has 0 unspecified atom stereocenters. The lowest BCUT2D eigenvalue weighted by atomic mass is 10.00. The summed E-state index contributed by atoms with van der Waals surface area (Å²) in [6.45, 7) is 8.33. The standard InChI is InChI=1S/C13H25N3O.ClH/c1-2-3-13(4-5-13)12(17)15-8-11-16-9-6-14-7-10-16;/h14H,2-11H2,1H3,(H,15,17);1H. The van der Waals surface area contributed by atoms with E-state index >= 15 is 0 Å². The van der Waals surface area contributed by atoms with E-state index in [1.165, 1.54) is 0 Å². The number of hydrogen-bond acceptors (Lipinski definition) is 3. The normalized spacial score (nSPS) is 22.1. The van der Waals surface area contributed by atoms with Gasteiger partial charge in [-0.1, -0.05) is 13.3 Å². The molecule has 18 heavy (non-hydrogen) atoms. The minimum Gasteiger partial charge on any atom is -0.354 e. The second-order valence-corrected chi connectivity index (χ2v) is 5.38. The highest BCUT2D eigenvalue weighted by Gasteiger charge is 2.48. The van der Waals surface area contributed by atoms with Crippen LogP contribution in [0.15, 0.2) is 0 Å². The van der Waals surface area contributed by atoms with Gasteiger partial charge in [0.1, 0.15) is 0 Å². The Hall–Kier alpha value is -0.320. The smallest absolute Gasteiger partial charge is 0.226 e. The summed E-state index contributed by atoms with van der Waals surface area (Å²) in [5.74, 6) is 0.300. The van der Waals surface area contributed by atoms with Crippen LogP contribution in [0.4, 0.5) is 0 Å². The summed E-state index contributed by atoms with van der Waals surface area (Å²) in [4.78, 5) is 14.4.